The minimum atomic E-state index is 0.422. The third-order valence-electron chi connectivity index (χ3n) is 2.06. The van der Waals surface area contributed by atoms with Crippen LogP contribution in [0, 0.1) is 0 Å². The fraction of sp³-hybridized carbons (Fsp3) is 0.100. The number of hydrogen-bond donors (Lipinski definition) is 1. The van der Waals surface area contributed by atoms with Crippen molar-refractivity contribution >= 4 is 34.1 Å². The van der Waals surface area contributed by atoms with Crippen LogP contribution in [-0.2, 0) is 6.54 Å². The molecule has 4 heteroatoms. The second kappa shape index (κ2) is 3.73. The molecule has 0 saturated carbocycles. The Morgan fingerprint density at radius 1 is 1.29 bits per heavy atom. The number of nitrogens with zero attached hydrogens (tertiary/aromatic N) is 1. The lowest BCUT2D eigenvalue weighted by molar-refractivity contribution is 1.08. The van der Waals surface area contributed by atoms with Gasteiger partial charge in [-0.25, -0.2) is 4.98 Å². The van der Waals surface area contributed by atoms with Gasteiger partial charge < -0.3 is 5.73 Å². The van der Waals surface area contributed by atoms with Gasteiger partial charge in [0.2, 0.25) is 0 Å². The maximum atomic E-state index is 6.00. The van der Waals surface area contributed by atoms with Crippen molar-refractivity contribution < 1.29 is 0 Å². The molecule has 0 aliphatic rings. The highest BCUT2D eigenvalue weighted by Gasteiger charge is 2.05. The second-order valence-corrected chi connectivity index (χ2v) is 3.74. The monoisotopic (exact) mass is 226 g/mol. The van der Waals surface area contributed by atoms with E-state index in [9.17, 15) is 0 Å². The molecular formula is C10H8Cl2N2. The summed E-state index contributed by atoms with van der Waals surface area (Å²) in [5, 5.41) is 1.98. The number of nitrogens with two attached hydrogens (primary N) is 1. The molecule has 0 bridgehead atoms. The van der Waals surface area contributed by atoms with Crippen molar-refractivity contribution in [2.75, 3.05) is 0 Å². The molecule has 1 aromatic heterocycles. The molecule has 0 amide bonds. The van der Waals surface area contributed by atoms with Gasteiger partial charge in [-0.05, 0) is 17.7 Å². The number of fused-ring (bicyclic) bond motifs is 1. The molecule has 0 radical (unpaired) electrons. The minimum Gasteiger partial charge on any atom is -0.326 e. The summed E-state index contributed by atoms with van der Waals surface area (Å²) in [5.41, 5.74) is 7.28. The molecule has 2 rings (SSSR count). The van der Waals surface area contributed by atoms with E-state index < -0.39 is 0 Å². The smallest absolute Gasteiger partial charge is 0.130 e. The normalized spacial score (nSPS) is 10.8. The number of rotatable bonds is 1. The van der Waals surface area contributed by atoms with Crippen molar-refractivity contribution in [1.29, 1.82) is 0 Å². The quantitative estimate of drug-likeness (QED) is 0.760. The first-order valence-electron chi connectivity index (χ1n) is 4.16. The van der Waals surface area contributed by atoms with Gasteiger partial charge in [0.05, 0.1) is 10.5 Å². The van der Waals surface area contributed by atoms with Crippen LogP contribution in [0.5, 0.6) is 0 Å². The van der Waals surface area contributed by atoms with Crippen LogP contribution in [0.15, 0.2) is 24.3 Å². The van der Waals surface area contributed by atoms with Gasteiger partial charge >= 0.3 is 0 Å². The lowest BCUT2D eigenvalue weighted by atomic mass is 10.1. The molecule has 2 nitrogen and oxygen atoms in total. The molecule has 1 aromatic carbocycles. The molecule has 14 heavy (non-hydrogen) atoms. The summed E-state index contributed by atoms with van der Waals surface area (Å²) >= 11 is 11.8. The number of aromatic nitrogens is 1. The molecule has 1 heterocycles. The Kier molecular flexibility index (Phi) is 2.59. The van der Waals surface area contributed by atoms with Gasteiger partial charge in [0, 0.05) is 11.9 Å². The summed E-state index contributed by atoms with van der Waals surface area (Å²) in [4.78, 5) is 4.16. The Morgan fingerprint density at radius 3 is 2.79 bits per heavy atom. The zero-order valence-corrected chi connectivity index (χ0v) is 8.81. The summed E-state index contributed by atoms with van der Waals surface area (Å²) < 4.78 is 0. The number of hydrogen-bond acceptors (Lipinski definition) is 2. The average molecular weight is 227 g/mol. The van der Waals surface area contributed by atoms with E-state index in [1.807, 2.05) is 12.1 Å². The van der Waals surface area contributed by atoms with Gasteiger partial charge in [-0.15, -0.1) is 0 Å². The maximum Gasteiger partial charge on any atom is 0.130 e. The van der Waals surface area contributed by atoms with Gasteiger partial charge in [-0.1, -0.05) is 35.3 Å². The van der Waals surface area contributed by atoms with Crippen molar-refractivity contribution in [3.8, 4) is 0 Å². The number of pyridine rings is 1. The van der Waals surface area contributed by atoms with E-state index in [0.29, 0.717) is 22.2 Å². The first-order valence-corrected chi connectivity index (χ1v) is 4.91. The van der Waals surface area contributed by atoms with E-state index in [0.717, 1.165) is 10.9 Å². The van der Waals surface area contributed by atoms with Crippen molar-refractivity contribution in [1.82, 2.24) is 4.98 Å². The van der Waals surface area contributed by atoms with Crippen LogP contribution in [0.2, 0.25) is 10.2 Å². The minimum absolute atomic E-state index is 0.422. The topological polar surface area (TPSA) is 38.9 Å². The molecule has 0 spiro atoms. The van der Waals surface area contributed by atoms with Crippen LogP contribution in [0.4, 0.5) is 0 Å². The zero-order valence-electron chi connectivity index (χ0n) is 7.30. The summed E-state index contributed by atoms with van der Waals surface area (Å²) in [5.74, 6) is 0. The molecule has 2 N–H and O–H groups in total. The number of benzene rings is 1. The summed E-state index contributed by atoms with van der Waals surface area (Å²) in [6.45, 7) is 0.430. The first kappa shape index (κ1) is 9.71. The molecule has 0 atom stereocenters. The fourth-order valence-electron chi connectivity index (χ4n) is 1.42. The number of para-hydroxylation sites is 1. The highest BCUT2D eigenvalue weighted by molar-refractivity contribution is 6.35. The SMILES string of the molecule is NCc1cc(Cl)nc2c(Cl)cccc12. The fourth-order valence-corrected chi connectivity index (χ4v) is 1.85. The Hall–Kier alpha value is -0.830. The van der Waals surface area contributed by atoms with Crippen LogP contribution in [0.1, 0.15) is 5.56 Å². The standard InChI is InChI=1S/C10H8Cl2N2/c11-8-3-1-2-7-6(5-13)4-9(12)14-10(7)8/h1-4H,5,13H2. The molecule has 0 unspecified atom stereocenters. The van der Waals surface area contributed by atoms with Crippen LogP contribution in [0.3, 0.4) is 0 Å². The average Bonchev–Trinajstić information content (AvgIpc) is 2.18. The van der Waals surface area contributed by atoms with Crippen molar-refractivity contribution in [2.45, 2.75) is 6.54 Å². The Balaban J connectivity index is 2.87. The molecule has 0 aliphatic carbocycles. The van der Waals surface area contributed by atoms with E-state index in [1.165, 1.54) is 0 Å². The molecular weight excluding hydrogens is 219 g/mol. The lowest BCUT2D eigenvalue weighted by Crippen LogP contribution is -1.98. The lowest BCUT2D eigenvalue weighted by Gasteiger charge is -2.05. The highest BCUT2D eigenvalue weighted by Crippen LogP contribution is 2.26. The Bertz CT molecular complexity index is 483. The summed E-state index contributed by atoms with van der Waals surface area (Å²) in [6.07, 6.45) is 0. The van der Waals surface area contributed by atoms with Gasteiger partial charge in [-0.3, -0.25) is 0 Å². The molecule has 0 saturated heterocycles. The molecule has 0 fully saturated rings. The van der Waals surface area contributed by atoms with Crippen molar-refractivity contribution in [2.24, 2.45) is 5.73 Å². The first-order chi connectivity index (χ1) is 6.72. The van der Waals surface area contributed by atoms with E-state index in [-0.39, 0.29) is 0 Å². The third-order valence-corrected chi connectivity index (χ3v) is 2.56. The molecule has 2 aromatic rings. The van der Waals surface area contributed by atoms with Crippen LogP contribution >= 0.6 is 23.2 Å². The van der Waals surface area contributed by atoms with Gasteiger partial charge in [0.25, 0.3) is 0 Å². The van der Waals surface area contributed by atoms with E-state index in [2.05, 4.69) is 4.98 Å². The maximum absolute atomic E-state index is 6.00. The summed E-state index contributed by atoms with van der Waals surface area (Å²) in [6, 6.07) is 7.36. The zero-order chi connectivity index (χ0) is 10.1. The Morgan fingerprint density at radius 2 is 2.07 bits per heavy atom. The second-order valence-electron chi connectivity index (χ2n) is 2.94. The van der Waals surface area contributed by atoms with Gasteiger partial charge in [0.15, 0.2) is 0 Å². The highest BCUT2D eigenvalue weighted by atomic mass is 35.5. The van der Waals surface area contributed by atoms with Crippen molar-refractivity contribution in [3.63, 3.8) is 0 Å². The van der Waals surface area contributed by atoms with E-state index in [1.54, 1.807) is 12.1 Å². The van der Waals surface area contributed by atoms with Gasteiger partial charge in [-0.2, -0.15) is 0 Å². The van der Waals surface area contributed by atoms with E-state index >= 15 is 0 Å². The Labute approximate surface area is 91.6 Å². The molecule has 72 valence electrons. The van der Waals surface area contributed by atoms with Gasteiger partial charge in [0.1, 0.15) is 5.15 Å². The summed E-state index contributed by atoms with van der Waals surface area (Å²) in [7, 11) is 0. The van der Waals surface area contributed by atoms with Crippen LogP contribution < -0.4 is 5.73 Å². The van der Waals surface area contributed by atoms with E-state index in [4.69, 9.17) is 28.9 Å². The predicted octanol–water partition coefficient (Wildman–Crippen LogP) is 3.00. The van der Waals surface area contributed by atoms with Crippen molar-refractivity contribution in [3.05, 3.63) is 40.0 Å². The predicted molar refractivity (Wildman–Crippen MR) is 59.7 cm³/mol. The van der Waals surface area contributed by atoms with Crippen LogP contribution in [0.25, 0.3) is 10.9 Å². The third kappa shape index (κ3) is 1.57. The largest absolute Gasteiger partial charge is 0.326 e. The number of halogens is 2. The van der Waals surface area contributed by atoms with Crippen LogP contribution in [-0.4, -0.2) is 4.98 Å². The molecule has 0 aliphatic heterocycles.